The molecule has 3 nitrogen and oxygen atoms in total. The van der Waals surface area contributed by atoms with Gasteiger partial charge in [0.25, 0.3) is 0 Å². The van der Waals surface area contributed by atoms with Crippen LogP contribution in [0.2, 0.25) is 5.02 Å². The van der Waals surface area contributed by atoms with Crippen molar-refractivity contribution in [2.75, 3.05) is 13.2 Å². The van der Waals surface area contributed by atoms with E-state index in [1.165, 1.54) is 0 Å². The summed E-state index contributed by atoms with van der Waals surface area (Å²) in [5.41, 5.74) is 0.856. The van der Waals surface area contributed by atoms with E-state index in [9.17, 15) is 5.11 Å². The Kier molecular flexibility index (Phi) is 4.05. The number of fused-ring (bicyclic) bond motifs is 1. The van der Waals surface area contributed by atoms with E-state index in [1.807, 2.05) is 30.3 Å². The molecule has 3 rings (SSSR count). The molecule has 104 valence electrons. The molecule has 2 aromatic carbocycles. The van der Waals surface area contributed by atoms with Gasteiger partial charge in [-0.05, 0) is 35.9 Å². The predicted octanol–water partition coefficient (Wildman–Crippen LogP) is 3.75. The molecule has 0 saturated heterocycles. The van der Waals surface area contributed by atoms with E-state index in [0.29, 0.717) is 18.2 Å². The Morgan fingerprint density at radius 2 is 1.85 bits per heavy atom. The first kappa shape index (κ1) is 13.6. The molecule has 0 spiro atoms. The van der Waals surface area contributed by atoms with Crippen molar-refractivity contribution in [3.05, 3.63) is 47.0 Å². The van der Waals surface area contributed by atoms with Crippen LogP contribution in [0.25, 0.3) is 0 Å². The highest BCUT2D eigenvalue weighted by Crippen LogP contribution is 2.38. The van der Waals surface area contributed by atoms with Crippen LogP contribution in [0.3, 0.4) is 0 Å². The topological polar surface area (TPSA) is 38.7 Å². The standard InChI is InChI=1S/C15H13ClO3S/c16-11-2-1-10(9-17)15(7-11)20-12-3-4-13-14(8-12)19-6-5-18-13/h1-4,7-8,17H,5-6,9H2. The van der Waals surface area contributed by atoms with Gasteiger partial charge in [-0.2, -0.15) is 0 Å². The molecular weight excluding hydrogens is 296 g/mol. The van der Waals surface area contributed by atoms with Crippen LogP contribution in [0.1, 0.15) is 5.56 Å². The minimum absolute atomic E-state index is 0.00987. The quantitative estimate of drug-likeness (QED) is 0.937. The second-order valence-electron chi connectivity index (χ2n) is 4.32. The molecule has 0 bridgehead atoms. The van der Waals surface area contributed by atoms with Crippen LogP contribution in [-0.2, 0) is 6.61 Å². The van der Waals surface area contributed by atoms with Gasteiger partial charge in [0.05, 0.1) is 6.61 Å². The summed E-state index contributed by atoms with van der Waals surface area (Å²) in [5, 5.41) is 10.0. The number of benzene rings is 2. The third-order valence-corrected chi connectivity index (χ3v) is 4.27. The fraction of sp³-hybridized carbons (Fsp3) is 0.200. The normalized spacial score (nSPS) is 13.3. The van der Waals surface area contributed by atoms with E-state index in [1.54, 1.807) is 17.8 Å². The summed E-state index contributed by atoms with van der Waals surface area (Å²) in [7, 11) is 0. The maximum Gasteiger partial charge on any atom is 0.162 e. The lowest BCUT2D eigenvalue weighted by atomic mass is 10.2. The molecule has 1 heterocycles. The molecule has 0 unspecified atom stereocenters. The van der Waals surface area contributed by atoms with Gasteiger partial charge in [-0.1, -0.05) is 29.4 Å². The largest absolute Gasteiger partial charge is 0.486 e. The summed E-state index contributed by atoms with van der Waals surface area (Å²) in [4.78, 5) is 1.96. The van der Waals surface area contributed by atoms with Gasteiger partial charge in [0, 0.05) is 14.8 Å². The molecule has 1 aliphatic heterocycles. The summed E-state index contributed by atoms with van der Waals surface area (Å²) in [6.07, 6.45) is 0. The number of hydrogen-bond donors (Lipinski definition) is 1. The van der Waals surface area contributed by atoms with Crippen molar-refractivity contribution < 1.29 is 14.6 Å². The lowest BCUT2D eigenvalue weighted by Gasteiger charge is -2.19. The van der Waals surface area contributed by atoms with E-state index in [-0.39, 0.29) is 6.61 Å². The Hall–Kier alpha value is -1.36. The summed E-state index contributed by atoms with van der Waals surface area (Å²) >= 11 is 7.56. The smallest absolute Gasteiger partial charge is 0.162 e. The molecule has 0 amide bonds. The van der Waals surface area contributed by atoms with Crippen LogP contribution in [0.4, 0.5) is 0 Å². The van der Waals surface area contributed by atoms with Crippen LogP contribution in [0.5, 0.6) is 11.5 Å². The molecule has 5 heteroatoms. The van der Waals surface area contributed by atoms with Crippen molar-refractivity contribution in [3.63, 3.8) is 0 Å². The minimum Gasteiger partial charge on any atom is -0.486 e. The highest BCUT2D eigenvalue weighted by molar-refractivity contribution is 7.99. The van der Waals surface area contributed by atoms with Gasteiger partial charge >= 0.3 is 0 Å². The van der Waals surface area contributed by atoms with Crippen LogP contribution in [0.15, 0.2) is 46.2 Å². The van der Waals surface area contributed by atoms with Gasteiger partial charge in [0.1, 0.15) is 13.2 Å². The molecule has 0 aromatic heterocycles. The van der Waals surface area contributed by atoms with Gasteiger partial charge in [0.2, 0.25) is 0 Å². The number of ether oxygens (including phenoxy) is 2. The van der Waals surface area contributed by atoms with Crippen LogP contribution in [0, 0.1) is 0 Å². The Labute approximate surface area is 126 Å². The molecule has 2 aromatic rings. The zero-order chi connectivity index (χ0) is 13.9. The van der Waals surface area contributed by atoms with E-state index in [2.05, 4.69) is 0 Å². The van der Waals surface area contributed by atoms with Crippen LogP contribution in [-0.4, -0.2) is 18.3 Å². The fourth-order valence-electron chi connectivity index (χ4n) is 1.97. The lowest BCUT2D eigenvalue weighted by molar-refractivity contribution is 0.171. The van der Waals surface area contributed by atoms with Crippen molar-refractivity contribution in [1.82, 2.24) is 0 Å². The monoisotopic (exact) mass is 308 g/mol. The number of rotatable bonds is 3. The van der Waals surface area contributed by atoms with Crippen molar-refractivity contribution >= 4 is 23.4 Å². The number of hydrogen-bond acceptors (Lipinski definition) is 4. The van der Waals surface area contributed by atoms with Crippen molar-refractivity contribution in [1.29, 1.82) is 0 Å². The Bertz CT molecular complexity index is 631. The first-order valence-electron chi connectivity index (χ1n) is 6.23. The van der Waals surface area contributed by atoms with Crippen LogP contribution >= 0.6 is 23.4 Å². The average molecular weight is 309 g/mol. The molecule has 0 saturated carbocycles. The fourth-order valence-corrected chi connectivity index (χ4v) is 3.21. The van der Waals surface area contributed by atoms with Gasteiger partial charge in [0.15, 0.2) is 11.5 Å². The third kappa shape index (κ3) is 2.87. The molecular formula is C15H13ClO3S. The SMILES string of the molecule is OCc1ccc(Cl)cc1Sc1ccc2c(c1)OCCO2. The lowest BCUT2D eigenvalue weighted by Crippen LogP contribution is -2.15. The highest BCUT2D eigenvalue weighted by Gasteiger charge is 2.13. The minimum atomic E-state index is -0.00987. The van der Waals surface area contributed by atoms with Crippen molar-refractivity contribution in [2.24, 2.45) is 0 Å². The summed E-state index contributed by atoms with van der Waals surface area (Å²) in [6.45, 7) is 1.15. The molecule has 0 atom stereocenters. The van der Waals surface area contributed by atoms with Crippen molar-refractivity contribution in [2.45, 2.75) is 16.4 Å². The van der Waals surface area contributed by atoms with Gasteiger partial charge in [-0.25, -0.2) is 0 Å². The van der Waals surface area contributed by atoms with E-state index in [0.717, 1.165) is 26.9 Å². The molecule has 0 fully saturated rings. The zero-order valence-electron chi connectivity index (χ0n) is 10.6. The van der Waals surface area contributed by atoms with Gasteiger partial charge in [-0.3, -0.25) is 0 Å². The summed E-state index contributed by atoms with van der Waals surface area (Å²) < 4.78 is 11.1. The first-order valence-corrected chi connectivity index (χ1v) is 7.42. The maximum absolute atomic E-state index is 9.38. The van der Waals surface area contributed by atoms with Crippen LogP contribution < -0.4 is 9.47 Å². The van der Waals surface area contributed by atoms with E-state index in [4.69, 9.17) is 21.1 Å². The van der Waals surface area contributed by atoms with Crippen molar-refractivity contribution in [3.8, 4) is 11.5 Å². The highest BCUT2D eigenvalue weighted by atomic mass is 35.5. The maximum atomic E-state index is 9.38. The Morgan fingerprint density at radius 1 is 1.05 bits per heavy atom. The Morgan fingerprint density at radius 3 is 2.65 bits per heavy atom. The number of aliphatic hydroxyl groups is 1. The molecule has 20 heavy (non-hydrogen) atoms. The van der Waals surface area contributed by atoms with E-state index >= 15 is 0 Å². The van der Waals surface area contributed by atoms with Gasteiger partial charge < -0.3 is 14.6 Å². The molecule has 0 aliphatic carbocycles. The second-order valence-corrected chi connectivity index (χ2v) is 5.87. The predicted molar refractivity (Wildman–Crippen MR) is 78.9 cm³/mol. The Balaban J connectivity index is 1.89. The summed E-state index contributed by atoms with van der Waals surface area (Å²) in [6, 6.07) is 11.3. The number of aliphatic hydroxyl groups excluding tert-OH is 1. The second kappa shape index (κ2) is 5.95. The van der Waals surface area contributed by atoms with Gasteiger partial charge in [-0.15, -0.1) is 0 Å². The van der Waals surface area contributed by atoms with E-state index < -0.39 is 0 Å². The average Bonchev–Trinajstić information content (AvgIpc) is 2.47. The molecule has 1 aliphatic rings. The first-order chi connectivity index (χ1) is 9.76. The molecule has 1 N–H and O–H groups in total. The third-order valence-electron chi connectivity index (χ3n) is 2.94. The summed E-state index contributed by atoms with van der Waals surface area (Å²) in [5.74, 6) is 1.53. The number of halogens is 1. The molecule has 0 radical (unpaired) electrons. The zero-order valence-corrected chi connectivity index (χ0v) is 12.2.